The molecule has 0 bridgehead atoms. The minimum absolute atomic E-state index is 0.186. The Morgan fingerprint density at radius 1 is 1.56 bits per heavy atom. The van der Waals surface area contributed by atoms with E-state index in [0.29, 0.717) is 19.4 Å². The Bertz CT molecular complexity index is 467. The summed E-state index contributed by atoms with van der Waals surface area (Å²) in [4.78, 5) is 22.6. The molecule has 6 nitrogen and oxygen atoms in total. The topological polar surface area (TPSA) is 76.0 Å². The van der Waals surface area contributed by atoms with Crippen molar-refractivity contribution in [2.75, 3.05) is 0 Å². The largest absolute Gasteiger partial charge is 0.302 e. The zero-order chi connectivity index (χ0) is 13.1. The fourth-order valence-corrected chi connectivity index (χ4v) is 2.15. The summed E-state index contributed by atoms with van der Waals surface area (Å²) in [7, 11) is 1.88. The standard InChI is InChI=1S/C12H18N4O2/c1-3-9-8(7-16(2)15-9)6-13-10-4-5-11(17)14-12(10)18/h7,10,13H,3-6H2,1-2H3,(H,14,17,18). The lowest BCUT2D eigenvalue weighted by Crippen LogP contribution is -2.50. The molecule has 1 aromatic heterocycles. The predicted molar refractivity (Wildman–Crippen MR) is 65.6 cm³/mol. The zero-order valence-electron chi connectivity index (χ0n) is 10.7. The van der Waals surface area contributed by atoms with Crippen LogP contribution in [0.4, 0.5) is 0 Å². The predicted octanol–water partition coefficient (Wildman–Crippen LogP) is -0.123. The van der Waals surface area contributed by atoms with Gasteiger partial charge < -0.3 is 5.32 Å². The monoisotopic (exact) mass is 250 g/mol. The highest BCUT2D eigenvalue weighted by atomic mass is 16.2. The van der Waals surface area contributed by atoms with Crippen LogP contribution < -0.4 is 10.6 Å². The summed E-state index contributed by atoms with van der Waals surface area (Å²) in [6, 6.07) is -0.285. The van der Waals surface area contributed by atoms with E-state index in [1.165, 1.54) is 0 Å². The Morgan fingerprint density at radius 3 is 3.00 bits per heavy atom. The molecule has 1 aromatic rings. The van der Waals surface area contributed by atoms with E-state index < -0.39 is 0 Å². The van der Waals surface area contributed by atoms with Crippen molar-refractivity contribution < 1.29 is 9.59 Å². The number of piperidine rings is 1. The van der Waals surface area contributed by atoms with E-state index in [9.17, 15) is 9.59 Å². The molecular weight excluding hydrogens is 232 g/mol. The molecule has 1 saturated heterocycles. The van der Waals surface area contributed by atoms with E-state index in [-0.39, 0.29) is 17.9 Å². The molecule has 6 heteroatoms. The Kier molecular flexibility index (Phi) is 3.76. The van der Waals surface area contributed by atoms with Crippen molar-refractivity contribution in [3.63, 3.8) is 0 Å². The molecule has 1 aliphatic heterocycles. The summed E-state index contributed by atoms with van der Waals surface area (Å²) in [5, 5.41) is 9.86. The molecule has 2 N–H and O–H groups in total. The number of nitrogens with zero attached hydrogens (tertiary/aromatic N) is 2. The minimum Gasteiger partial charge on any atom is -0.302 e. The fraction of sp³-hybridized carbons (Fsp3) is 0.583. The third-order valence-electron chi connectivity index (χ3n) is 3.10. The molecule has 0 spiro atoms. The lowest BCUT2D eigenvalue weighted by Gasteiger charge is -2.21. The first-order valence-corrected chi connectivity index (χ1v) is 6.18. The Morgan fingerprint density at radius 2 is 2.33 bits per heavy atom. The number of aromatic nitrogens is 2. The molecule has 18 heavy (non-hydrogen) atoms. The highest BCUT2D eigenvalue weighted by Crippen LogP contribution is 2.09. The smallest absolute Gasteiger partial charge is 0.243 e. The van der Waals surface area contributed by atoms with Gasteiger partial charge in [0.2, 0.25) is 11.8 Å². The molecule has 98 valence electrons. The molecule has 1 atom stereocenters. The number of imide groups is 1. The second-order valence-electron chi connectivity index (χ2n) is 4.51. The van der Waals surface area contributed by atoms with Crippen LogP contribution >= 0.6 is 0 Å². The molecule has 0 aliphatic carbocycles. The van der Waals surface area contributed by atoms with Gasteiger partial charge in [0.1, 0.15) is 0 Å². The van der Waals surface area contributed by atoms with E-state index in [1.54, 1.807) is 4.68 Å². The molecule has 2 amide bonds. The summed E-state index contributed by atoms with van der Waals surface area (Å²) in [5.74, 6) is -0.415. The van der Waals surface area contributed by atoms with Crippen LogP contribution in [-0.4, -0.2) is 27.6 Å². The molecule has 2 heterocycles. The van der Waals surface area contributed by atoms with Gasteiger partial charge in [0.15, 0.2) is 0 Å². The van der Waals surface area contributed by atoms with E-state index >= 15 is 0 Å². The second-order valence-corrected chi connectivity index (χ2v) is 4.51. The van der Waals surface area contributed by atoms with E-state index in [4.69, 9.17) is 0 Å². The van der Waals surface area contributed by atoms with Crippen LogP contribution in [0.5, 0.6) is 0 Å². The van der Waals surface area contributed by atoms with Crippen molar-refractivity contribution in [1.29, 1.82) is 0 Å². The number of aryl methyl sites for hydroxylation is 2. The number of carbonyl (C=O) groups excluding carboxylic acids is 2. The van der Waals surface area contributed by atoms with Gasteiger partial charge >= 0.3 is 0 Å². The lowest BCUT2D eigenvalue weighted by molar-refractivity contribution is -0.134. The van der Waals surface area contributed by atoms with Crippen LogP contribution in [0.15, 0.2) is 6.20 Å². The summed E-state index contributed by atoms with van der Waals surface area (Å²) >= 11 is 0. The van der Waals surface area contributed by atoms with Gasteiger partial charge in [-0.3, -0.25) is 19.6 Å². The number of carbonyl (C=O) groups is 2. The maximum Gasteiger partial charge on any atom is 0.243 e. The average molecular weight is 250 g/mol. The molecule has 0 aromatic carbocycles. The SMILES string of the molecule is CCc1nn(C)cc1CNC1CCC(=O)NC1=O. The summed E-state index contributed by atoms with van der Waals surface area (Å²) in [6.07, 6.45) is 3.79. The van der Waals surface area contributed by atoms with E-state index in [2.05, 4.69) is 22.7 Å². The van der Waals surface area contributed by atoms with Gasteiger partial charge in [0, 0.05) is 31.8 Å². The molecular formula is C12H18N4O2. The van der Waals surface area contributed by atoms with Gasteiger partial charge in [-0.25, -0.2) is 0 Å². The summed E-state index contributed by atoms with van der Waals surface area (Å²) < 4.78 is 1.78. The second kappa shape index (κ2) is 5.30. The average Bonchev–Trinajstić information content (AvgIpc) is 2.68. The van der Waals surface area contributed by atoms with Crippen LogP contribution in [-0.2, 0) is 29.6 Å². The molecule has 0 radical (unpaired) electrons. The van der Waals surface area contributed by atoms with Gasteiger partial charge in [-0.05, 0) is 12.8 Å². The van der Waals surface area contributed by atoms with Crippen LogP contribution in [0.25, 0.3) is 0 Å². The van der Waals surface area contributed by atoms with Crippen LogP contribution in [0.1, 0.15) is 31.0 Å². The zero-order valence-corrected chi connectivity index (χ0v) is 10.7. The summed E-state index contributed by atoms with van der Waals surface area (Å²) in [6.45, 7) is 2.65. The van der Waals surface area contributed by atoms with Crippen molar-refractivity contribution in [3.8, 4) is 0 Å². The first-order valence-electron chi connectivity index (χ1n) is 6.18. The van der Waals surface area contributed by atoms with E-state index in [0.717, 1.165) is 17.7 Å². The first-order chi connectivity index (χ1) is 8.60. The molecule has 2 rings (SSSR count). The molecule has 1 unspecified atom stereocenters. The molecule has 1 fully saturated rings. The highest BCUT2D eigenvalue weighted by molar-refractivity contribution is 6.00. The van der Waals surface area contributed by atoms with E-state index in [1.807, 2.05) is 13.2 Å². The Labute approximate surface area is 106 Å². The Hall–Kier alpha value is -1.69. The van der Waals surface area contributed by atoms with Crippen molar-refractivity contribution in [2.45, 2.75) is 38.8 Å². The number of hydrogen-bond acceptors (Lipinski definition) is 4. The number of amides is 2. The maximum absolute atomic E-state index is 11.6. The Balaban J connectivity index is 1.95. The van der Waals surface area contributed by atoms with Crippen LogP contribution in [0, 0.1) is 0 Å². The number of hydrogen-bond donors (Lipinski definition) is 2. The first kappa shape index (κ1) is 12.8. The fourth-order valence-electron chi connectivity index (χ4n) is 2.15. The normalized spacial score (nSPS) is 20.0. The quantitative estimate of drug-likeness (QED) is 0.730. The van der Waals surface area contributed by atoms with Gasteiger partial charge in [-0.15, -0.1) is 0 Å². The van der Waals surface area contributed by atoms with Gasteiger partial charge in [-0.1, -0.05) is 6.92 Å². The van der Waals surface area contributed by atoms with Crippen molar-refractivity contribution in [2.24, 2.45) is 7.05 Å². The summed E-state index contributed by atoms with van der Waals surface area (Å²) in [5.41, 5.74) is 2.14. The number of rotatable bonds is 4. The minimum atomic E-state index is -0.285. The van der Waals surface area contributed by atoms with Crippen molar-refractivity contribution in [1.82, 2.24) is 20.4 Å². The van der Waals surface area contributed by atoms with Gasteiger partial charge in [0.05, 0.1) is 11.7 Å². The van der Waals surface area contributed by atoms with Crippen LogP contribution in [0.2, 0.25) is 0 Å². The highest BCUT2D eigenvalue weighted by Gasteiger charge is 2.26. The van der Waals surface area contributed by atoms with Crippen LogP contribution in [0.3, 0.4) is 0 Å². The molecule has 0 saturated carbocycles. The third kappa shape index (κ3) is 2.76. The molecule has 1 aliphatic rings. The maximum atomic E-state index is 11.6. The van der Waals surface area contributed by atoms with Gasteiger partial charge in [-0.2, -0.15) is 5.10 Å². The number of nitrogens with one attached hydrogen (secondary N) is 2. The van der Waals surface area contributed by atoms with Crippen molar-refractivity contribution >= 4 is 11.8 Å². The van der Waals surface area contributed by atoms with Gasteiger partial charge in [0.25, 0.3) is 0 Å². The van der Waals surface area contributed by atoms with Crippen molar-refractivity contribution in [3.05, 3.63) is 17.5 Å². The lowest BCUT2D eigenvalue weighted by atomic mass is 10.1. The third-order valence-corrected chi connectivity index (χ3v) is 3.10.